The minimum Gasteiger partial charge on any atom is -0.476 e. The van der Waals surface area contributed by atoms with Crippen LogP contribution in [0.2, 0.25) is 0 Å². The quantitative estimate of drug-likeness (QED) is 0.827. The van der Waals surface area contributed by atoms with E-state index in [-0.39, 0.29) is 34.9 Å². The highest BCUT2D eigenvalue weighted by Gasteiger charge is 2.49. The fraction of sp³-hybridized carbons (Fsp3) is 0.421. The number of nitrogens with zero attached hydrogens (tertiary/aromatic N) is 2. The fourth-order valence-electron chi connectivity index (χ4n) is 3.20. The van der Waals surface area contributed by atoms with Crippen molar-refractivity contribution in [1.82, 2.24) is 15.1 Å². The van der Waals surface area contributed by atoms with Crippen molar-refractivity contribution in [3.63, 3.8) is 0 Å². The molecule has 1 aromatic heterocycles. The van der Waals surface area contributed by atoms with Gasteiger partial charge in [-0.2, -0.15) is 5.10 Å². The second-order valence-corrected chi connectivity index (χ2v) is 7.21. The van der Waals surface area contributed by atoms with Crippen LogP contribution in [0.3, 0.4) is 0 Å². The topological polar surface area (TPSA) is 93.5 Å². The highest BCUT2D eigenvalue weighted by Crippen LogP contribution is 2.43. The van der Waals surface area contributed by atoms with E-state index >= 15 is 0 Å². The molecule has 7 heteroatoms. The molecule has 138 valence electrons. The molecular weight excluding hydrogens is 334 g/mol. The van der Waals surface area contributed by atoms with Crippen molar-refractivity contribution in [2.75, 3.05) is 0 Å². The highest BCUT2D eigenvalue weighted by molar-refractivity contribution is 5.95. The average Bonchev–Trinajstić information content (AvgIpc) is 3.00. The summed E-state index contributed by atoms with van der Waals surface area (Å²) >= 11 is 0. The maximum absolute atomic E-state index is 12.5. The third-order valence-electron chi connectivity index (χ3n) is 5.11. The van der Waals surface area contributed by atoms with Gasteiger partial charge in [0.2, 0.25) is 0 Å². The molecule has 3 rings (SSSR count). The Morgan fingerprint density at radius 2 is 2.04 bits per heavy atom. The Bertz CT molecular complexity index is 813. The summed E-state index contributed by atoms with van der Waals surface area (Å²) in [4.78, 5) is 23.5. The zero-order valence-electron chi connectivity index (χ0n) is 15.1. The molecule has 0 spiro atoms. The normalized spacial score (nSPS) is 21.0. The zero-order chi connectivity index (χ0) is 18.9. The maximum atomic E-state index is 12.5. The lowest BCUT2D eigenvalue weighted by Gasteiger charge is -2.51. The van der Waals surface area contributed by atoms with Crippen molar-refractivity contribution in [3.8, 4) is 0 Å². The van der Waals surface area contributed by atoms with Gasteiger partial charge in [0.25, 0.3) is 5.91 Å². The Kier molecular flexibility index (Phi) is 4.82. The van der Waals surface area contributed by atoms with Gasteiger partial charge < -0.3 is 15.2 Å². The lowest BCUT2D eigenvalue weighted by atomic mass is 9.64. The van der Waals surface area contributed by atoms with E-state index in [0.29, 0.717) is 6.61 Å². The first-order valence-corrected chi connectivity index (χ1v) is 8.52. The third-order valence-corrected chi connectivity index (χ3v) is 5.11. The average molecular weight is 357 g/mol. The van der Waals surface area contributed by atoms with Crippen LogP contribution in [0, 0.1) is 5.41 Å². The molecule has 26 heavy (non-hydrogen) atoms. The molecule has 0 aliphatic heterocycles. The Morgan fingerprint density at radius 1 is 1.35 bits per heavy atom. The zero-order valence-corrected chi connectivity index (χ0v) is 15.1. The molecule has 0 radical (unpaired) electrons. The molecular formula is C19H23N3O4. The third kappa shape index (κ3) is 3.48. The summed E-state index contributed by atoms with van der Waals surface area (Å²) in [6.45, 7) is 4.66. The summed E-state index contributed by atoms with van der Waals surface area (Å²) in [7, 11) is 1.55. The van der Waals surface area contributed by atoms with Crippen LogP contribution >= 0.6 is 0 Å². The number of nitrogens with one attached hydrogen (secondary N) is 1. The van der Waals surface area contributed by atoms with E-state index < -0.39 is 5.97 Å². The largest absolute Gasteiger partial charge is 0.476 e. The van der Waals surface area contributed by atoms with Gasteiger partial charge in [0.1, 0.15) is 5.69 Å². The van der Waals surface area contributed by atoms with E-state index in [1.54, 1.807) is 7.05 Å². The summed E-state index contributed by atoms with van der Waals surface area (Å²) < 4.78 is 7.30. The van der Waals surface area contributed by atoms with Crippen LogP contribution < -0.4 is 5.32 Å². The van der Waals surface area contributed by atoms with Crippen LogP contribution in [0.15, 0.2) is 36.4 Å². The van der Waals surface area contributed by atoms with Gasteiger partial charge in [-0.1, -0.05) is 44.2 Å². The smallest absolute Gasteiger partial charge is 0.356 e. The van der Waals surface area contributed by atoms with Crippen LogP contribution in [0.25, 0.3) is 0 Å². The van der Waals surface area contributed by atoms with E-state index in [2.05, 4.69) is 24.3 Å². The SMILES string of the molecule is Cn1nc(C(=O)O)cc1C(=O)NC1CC(OCc2ccccc2)C1(C)C. The summed E-state index contributed by atoms with van der Waals surface area (Å²) in [5.74, 6) is -1.48. The number of rotatable bonds is 6. The molecule has 1 aromatic carbocycles. The monoisotopic (exact) mass is 357 g/mol. The molecule has 1 fully saturated rings. The van der Waals surface area contributed by atoms with Crippen LogP contribution in [-0.2, 0) is 18.4 Å². The number of carbonyl (C=O) groups is 2. The number of carboxylic acids is 1. The van der Waals surface area contributed by atoms with E-state index in [9.17, 15) is 9.59 Å². The number of hydrogen-bond acceptors (Lipinski definition) is 4. The summed E-state index contributed by atoms with van der Waals surface area (Å²) in [6, 6.07) is 11.2. The minimum atomic E-state index is -1.15. The Labute approximate surface area is 152 Å². The second kappa shape index (κ2) is 6.92. The molecule has 2 aromatic rings. The van der Waals surface area contributed by atoms with Gasteiger partial charge in [-0.3, -0.25) is 9.48 Å². The Balaban J connectivity index is 1.58. The molecule has 2 unspecified atom stereocenters. The van der Waals surface area contributed by atoms with Crippen molar-refractivity contribution in [2.45, 2.75) is 39.0 Å². The lowest BCUT2D eigenvalue weighted by Crippen LogP contribution is -2.62. The molecule has 1 aliphatic rings. The predicted molar refractivity (Wildman–Crippen MR) is 94.8 cm³/mol. The molecule has 1 saturated carbocycles. The van der Waals surface area contributed by atoms with E-state index in [1.165, 1.54) is 10.7 Å². The molecule has 0 bridgehead atoms. The number of aryl methyl sites for hydroxylation is 1. The van der Waals surface area contributed by atoms with E-state index in [0.717, 1.165) is 12.0 Å². The number of carboxylic acid groups (broad SMARTS) is 1. The van der Waals surface area contributed by atoms with Gasteiger partial charge in [-0.05, 0) is 12.0 Å². The predicted octanol–water partition coefficient (Wildman–Crippen LogP) is 2.23. The number of amides is 1. The molecule has 2 N–H and O–H groups in total. The first kappa shape index (κ1) is 18.1. The molecule has 2 atom stereocenters. The number of ether oxygens (including phenoxy) is 1. The van der Waals surface area contributed by atoms with Crippen molar-refractivity contribution in [1.29, 1.82) is 0 Å². The minimum absolute atomic E-state index is 0.0426. The van der Waals surface area contributed by atoms with Gasteiger partial charge in [-0.25, -0.2) is 4.79 Å². The van der Waals surface area contributed by atoms with E-state index in [1.807, 2.05) is 30.3 Å². The van der Waals surface area contributed by atoms with Gasteiger partial charge in [0.05, 0.1) is 12.7 Å². The van der Waals surface area contributed by atoms with Crippen molar-refractivity contribution < 1.29 is 19.4 Å². The van der Waals surface area contributed by atoms with Gasteiger partial charge in [-0.15, -0.1) is 0 Å². The first-order chi connectivity index (χ1) is 12.3. The highest BCUT2D eigenvalue weighted by atomic mass is 16.5. The van der Waals surface area contributed by atoms with Crippen LogP contribution in [0.1, 0.15) is 46.8 Å². The summed E-state index contributed by atoms with van der Waals surface area (Å²) in [5.41, 5.74) is 0.992. The molecule has 7 nitrogen and oxygen atoms in total. The fourth-order valence-corrected chi connectivity index (χ4v) is 3.20. The number of aromatic carboxylic acids is 1. The first-order valence-electron chi connectivity index (χ1n) is 8.52. The summed E-state index contributed by atoms with van der Waals surface area (Å²) in [6.07, 6.45) is 0.768. The van der Waals surface area contributed by atoms with Crippen LogP contribution in [-0.4, -0.2) is 38.9 Å². The van der Waals surface area contributed by atoms with Crippen molar-refractivity contribution in [3.05, 3.63) is 53.3 Å². The molecule has 1 heterocycles. The number of benzene rings is 1. The van der Waals surface area contributed by atoms with Gasteiger partial charge >= 0.3 is 5.97 Å². The van der Waals surface area contributed by atoms with Gasteiger partial charge in [0.15, 0.2) is 5.69 Å². The summed E-state index contributed by atoms with van der Waals surface area (Å²) in [5, 5.41) is 15.8. The number of aromatic nitrogens is 2. The number of carbonyl (C=O) groups excluding carboxylic acids is 1. The van der Waals surface area contributed by atoms with Crippen LogP contribution in [0.5, 0.6) is 0 Å². The van der Waals surface area contributed by atoms with Crippen LogP contribution in [0.4, 0.5) is 0 Å². The standard InChI is InChI=1S/C19H23N3O4/c1-19(2)15(10-16(19)26-11-12-7-5-4-6-8-12)20-17(23)14-9-13(18(24)25)21-22(14)3/h4-9,15-16H,10-11H2,1-3H3,(H,20,23)(H,24,25). The van der Waals surface area contributed by atoms with Gasteiger partial charge in [0, 0.05) is 24.6 Å². The van der Waals surface area contributed by atoms with Crippen molar-refractivity contribution >= 4 is 11.9 Å². The molecule has 1 amide bonds. The number of hydrogen-bond donors (Lipinski definition) is 2. The van der Waals surface area contributed by atoms with E-state index in [4.69, 9.17) is 9.84 Å². The second-order valence-electron chi connectivity index (χ2n) is 7.21. The van der Waals surface area contributed by atoms with Crippen molar-refractivity contribution in [2.24, 2.45) is 12.5 Å². The maximum Gasteiger partial charge on any atom is 0.356 e. The molecule has 1 aliphatic carbocycles. The lowest BCUT2D eigenvalue weighted by molar-refractivity contribution is -0.122. The molecule has 0 saturated heterocycles. The Morgan fingerprint density at radius 3 is 2.62 bits per heavy atom. The Hall–Kier alpha value is -2.67.